The third-order valence-electron chi connectivity index (χ3n) is 5.58. The summed E-state index contributed by atoms with van der Waals surface area (Å²) in [5, 5.41) is 1.45. The van der Waals surface area contributed by atoms with Gasteiger partial charge in [-0.05, 0) is 47.9 Å². The lowest BCUT2D eigenvalue weighted by atomic mass is 10.00. The van der Waals surface area contributed by atoms with Gasteiger partial charge in [-0.25, -0.2) is 4.98 Å². The van der Waals surface area contributed by atoms with Crippen LogP contribution in [-0.2, 0) is 24.3 Å². The Bertz CT molecular complexity index is 1350. The number of halogens is 1. The van der Waals surface area contributed by atoms with Crippen LogP contribution in [0.5, 0.6) is 0 Å². The van der Waals surface area contributed by atoms with Gasteiger partial charge in [0.2, 0.25) is 5.91 Å². The van der Waals surface area contributed by atoms with E-state index in [1.807, 2.05) is 23.1 Å². The highest BCUT2D eigenvalue weighted by Gasteiger charge is 2.22. The average molecular weight is 466 g/mol. The molecular formula is C24H20ClN3O3S. The average Bonchev–Trinajstić information content (AvgIpc) is 3.32. The van der Waals surface area contributed by atoms with Crippen LogP contribution in [0.1, 0.15) is 16.9 Å². The predicted molar refractivity (Wildman–Crippen MR) is 125 cm³/mol. The highest BCUT2D eigenvalue weighted by atomic mass is 35.5. The van der Waals surface area contributed by atoms with E-state index in [1.54, 1.807) is 35.1 Å². The second-order valence-corrected chi connectivity index (χ2v) is 9.03. The van der Waals surface area contributed by atoms with E-state index in [1.165, 1.54) is 22.9 Å². The molecule has 6 nitrogen and oxygen atoms in total. The molecule has 0 spiro atoms. The third kappa shape index (κ3) is 4.18. The van der Waals surface area contributed by atoms with Gasteiger partial charge in [0.25, 0.3) is 5.56 Å². The summed E-state index contributed by atoms with van der Waals surface area (Å²) in [4.78, 5) is 32.7. The van der Waals surface area contributed by atoms with Crippen molar-refractivity contribution in [3.05, 3.63) is 93.1 Å². The summed E-state index contributed by atoms with van der Waals surface area (Å²) in [6.45, 7) is 1.54. The summed E-state index contributed by atoms with van der Waals surface area (Å²) >= 11 is 7.38. The number of benzene rings is 2. The molecule has 1 amide bonds. The Morgan fingerprint density at radius 1 is 1.12 bits per heavy atom. The number of amides is 1. The number of carbonyl (C=O) groups is 1. The second-order valence-electron chi connectivity index (χ2n) is 7.65. The van der Waals surface area contributed by atoms with Crippen molar-refractivity contribution in [3.63, 3.8) is 0 Å². The van der Waals surface area contributed by atoms with Crippen molar-refractivity contribution in [3.8, 4) is 0 Å². The number of furan rings is 1. The molecule has 1 aliphatic rings. The molecule has 162 valence electrons. The van der Waals surface area contributed by atoms with Gasteiger partial charge in [-0.1, -0.05) is 47.6 Å². The number of hydrogen-bond acceptors (Lipinski definition) is 5. The van der Waals surface area contributed by atoms with Gasteiger partial charge >= 0.3 is 0 Å². The molecule has 5 rings (SSSR count). The number of nitrogens with zero attached hydrogens (tertiary/aromatic N) is 3. The van der Waals surface area contributed by atoms with Crippen LogP contribution in [0.4, 0.5) is 0 Å². The van der Waals surface area contributed by atoms with Gasteiger partial charge in [-0.2, -0.15) is 0 Å². The molecule has 0 fully saturated rings. The maximum Gasteiger partial charge on any atom is 0.262 e. The lowest BCUT2D eigenvalue weighted by molar-refractivity contribution is -0.129. The fraction of sp³-hybridized carbons (Fsp3) is 0.208. The van der Waals surface area contributed by atoms with Gasteiger partial charge in [-0.3, -0.25) is 14.2 Å². The first-order valence-corrected chi connectivity index (χ1v) is 11.6. The van der Waals surface area contributed by atoms with Gasteiger partial charge in [0, 0.05) is 18.1 Å². The molecule has 0 saturated carbocycles. The summed E-state index contributed by atoms with van der Waals surface area (Å²) < 4.78 is 6.99. The van der Waals surface area contributed by atoms with E-state index in [-0.39, 0.29) is 23.8 Å². The first-order valence-electron chi connectivity index (χ1n) is 10.3. The SMILES string of the molecule is O=C(CSc1nc2cc(Cl)ccc2c(=O)n1Cc1ccco1)N1CCc2ccccc2C1. The first-order chi connectivity index (χ1) is 15.6. The predicted octanol–water partition coefficient (Wildman–Crippen LogP) is 4.37. The number of fused-ring (bicyclic) bond motifs is 2. The van der Waals surface area contributed by atoms with Crippen molar-refractivity contribution in [1.82, 2.24) is 14.5 Å². The lowest BCUT2D eigenvalue weighted by Gasteiger charge is -2.28. The van der Waals surface area contributed by atoms with Crippen molar-refractivity contribution in [2.24, 2.45) is 0 Å². The Morgan fingerprint density at radius 3 is 2.78 bits per heavy atom. The highest BCUT2D eigenvalue weighted by Crippen LogP contribution is 2.24. The van der Waals surface area contributed by atoms with Crippen LogP contribution in [0.2, 0.25) is 5.02 Å². The normalized spacial score (nSPS) is 13.3. The quantitative estimate of drug-likeness (QED) is 0.323. The van der Waals surface area contributed by atoms with Crippen LogP contribution in [0, 0.1) is 0 Å². The van der Waals surface area contributed by atoms with Gasteiger partial charge in [0.15, 0.2) is 5.16 Å². The molecule has 0 N–H and O–H groups in total. The monoisotopic (exact) mass is 465 g/mol. The van der Waals surface area contributed by atoms with Crippen molar-refractivity contribution in [2.75, 3.05) is 12.3 Å². The Hall–Kier alpha value is -3.03. The van der Waals surface area contributed by atoms with Gasteiger partial charge in [0.05, 0.1) is 29.5 Å². The number of aromatic nitrogens is 2. The van der Waals surface area contributed by atoms with Crippen LogP contribution in [0.3, 0.4) is 0 Å². The summed E-state index contributed by atoms with van der Waals surface area (Å²) in [6, 6.07) is 16.8. The molecule has 3 heterocycles. The molecule has 2 aromatic heterocycles. The minimum Gasteiger partial charge on any atom is -0.467 e. The minimum atomic E-state index is -0.190. The van der Waals surface area contributed by atoms with Crippen molar-refractivity contribution < 1.29 is 9.21 Å². The molecular weight excluding hydrogens is 446 g/mol. The zero-order valence-corrected chi connectivity index (χ0v) is 18.7. The maximum atomic E-state index is 13.2. The van der Waals surface area contributed by atoms with Crippen LogP contribution < -0.4 is 5.56 Å². The van der Waals surface area contributed by atoms with Crippen LogP contribution >= 0.6 is 23.4 Å². The molecule has 0 unspecified atom stereocenters. The van der Waals surface area contributed by atoms with E-state index in [2.05, 4.69) is 17.1 Å². The summed E-state index contributed by atoms with van der Waals surface area (Å²) in [5.41, 5.74) is 2.81. The number of carbonyl (C=O) groups excluding carboxylic acids is 1. The van der Waals surface area contributed by atoms with Crippen molar-refractivity contribution in [2.45, 2.75) is 24.7 Å². The second kappa shape index (κ2) is 8.84. The van der Waals surface area contributed by atoms with E-state index in [0.717, 1.165) is 6.42 Å². The molecule has 4 aromatic rings. The van der Waals surface area contributed by atoms with E-state index < -0.39 is 0 Å². The lowest BCUT2D eigenvalue weighted by Crippen LogP contribution is -2.37. The molecule has 8 heteroatoms. The molecule has 2 aromatic carbocycles. The number of thioether (sulfide) groups is 1. The largest absolute Gasteiger partial charge is 0.467 e. The standard InChI is InChI=1S/C24H20ClN3O3S/c25-18-7-8-20-21(12-18)26-24(28(23(20)30)14-19-6-3-11-31-19)32-15-22(29)27-10-9-16-4-1-2-5-17(16)13-27/h1-8,11-12H,9-10,13-15H2. The Labute approximate surface area is 193 Å². The zero-order valence-electron chi connectivity index (χ0n) is 17.2. The van der Waals surface area contributed by atoms with Gasteiger partial charge in [0.1, 0.15) is 5.76 Å². The fourth-order valence-electron chi connectivity index (χ4n) is 3.91. The smallest absolute Gasteiger partial charge is 0.262 e. The third-order valence-corrected chi connectivity index (χ3v) is 6.78. The molecule has 0 aliphatic carbocycles. The van der Waals surface area contributed by atoms with Crippen LogP contribution in [0.15, 0.2) is 75.2 Å². The highest BCUT2D eigenvalue weighted by molar-refractivity contribution is 7.99. The van der Waals surface area contributed by atoms with Crippen LogP contribution in [0.25, 0.3) is 10.9 Å². The summed E-state index contributed by atoms with van der Waals surface area (Å²) in [6.07, 6.45) is 2.42. The maximum absolute atomic E-state index is 13.2. The Morgan fingerprint density at radius 2 is 1.97 bits per heavy atom. The molecule has 1 aliphatic heterocycles. The summed E-state index contributed by atoms with van der Waals surface area (Å²) in [5.74, 6) is 0.858. The minimum absolute atomic E-state index is 0.0227. The van der Waals surface area contributed by atoms with Crippen molar-refractivity contribution in [1.29, 1.82) is 0 Å². The Kier molecular flexibility index (Phi) is 5.76. The van der Waals surface area contributed by atoms with E-state index in [4.69, 9.17) is 16.0 Å². The van der Waals surface area contributed by atoms with E-state index >= 15 is 0 Å². The van der Waals surface area contributed by atoms with E-state index in [0.29, 0.717) is 39.9 Å². The molecule has 0 bridgehead atoms. The zero-order chi connectivity index (χ0) is 22.1. The molecule has 32 heavy (non-hydrogen) atoms. The summed E-state index contributed by atoms with van der Waals surface area (Å²) in [7, 11) is 0. The van der Waals surface area contributed by atoms with Gasteiger partial charge in [-0.15, -0.1) is 0 Å². The molecule has 0 saturated heterocycles. The Balaban J connectivity index is 1.41. The first kappa shape index (κ1) is 20.8. The number of rotatable bonds is 5. The molecule has 0 radical (unpaired) electrons. The van der Waals surface area contributed by atoms with E-state index in [9.17, 15) is 9.59 Å². The van der Waals surface area contributed by atoms with Gasteiger partial charge < -0.3 is 9.32 Å². The van der Waals surface area contributed by atoms with Crippen LogP contribution in [-0.4, -0.2) is 32.7 Å². The fourth-order valence-corrected chi connectivity index (χ4v) is 4.98. The molecule has 0 atom stereocenters. The van der Waals surface area contributed by atoms with Crippen molar-refractivity contribution >= 4 is 40.2 Å². The number of hydrogen-bond donors (Lipinski definition) is 0. The topological polar surface area (TPSA) is 68.3 Å².